The summed E-state index contributed by atoms with van der Waals surface area (Å²) in [6.45, 7) is 2.60. The van der Waals surface area contributed by atoms with Gasteiger partial charge in [-0.1, -0.05) is 0 Å². The average Bonchev–Trinajstić information content (AvgIpc) is 2.78. The van der Waals surface area contributed by atoms with Crippen molar-refractivity contribution in [3.8, 4) is 0 Å². The lowest BCUT2D eigenvalue weighted by Crippen LogP contribution is -2.08. The fourth-order valence-corrected chi connectivity index (χ4v) is 2.33. The van der Waals surface area contributed by atoms with Crippen molar-refractivity contribution >= 4 is 22.8 Å². The molecule has 0 aromatic carbocycles. The summed E-state index contributed by atoms with van der Waals surface area (Å²) in [6.07, 6.45) is 4.00. The number of rotatable bonds is 4. The molecule has 3 rings (SSSR count). The summed E-state index contributed by atoms with van der Waals surface area (Å²) in [4.78, 5) is 17.4. The van der Waals surface area contributed by atoms with Gasteiger partial charge in [-0.2, -0.15) is 0 Å². The molecule has 0 radical (unpaired) electrons. The average molecular weight is 288 g/mol. The lowest BCUT2D eigenvalue weighted by molar-refractivity contribution is 0.728. The third-order valence-corrected chi connectivity index (χ3v) is 3.28. The summed E-state index contributed by atoms with van der Waals surface area (Å²) in [6, 6.07) is 5.85. The zero-order valence-corrected chi connectivity index (χ0v) is 11.9. The number of alkyl halides is 1. The molecule has 0 aliphatic rings. The van der Waals surface area contributed by atoms with Crippen LogP contribution in [0.3, 0.4) is 0 Å². The van der Waals surface area contributed by atoms with E-state index < -0.39 is 0 Å². The van der Waals surface area contributed by atoms with Crippen LogP contribution in [0.5, 0.6) is 0 Å². The van der Waals surface area contributed by atoms with Gasteiger partial charge in [-0.15, -0.1) is 11.6 Å². The van der Waals surface area contributed by atoms with E-state index in [2.05, 4.69) is 24.5 Å². The van der Waals surface area contributed by atoms with Crippen molar-refractivity contribution in [2.75, 3.05) is 5.88 Å². The molecule has 3 aromatic rings. The Labute approximate surface area is 121 Å². The van der Waals surface area contributed by atoms with Gasteiger partial charge in [-0.25, -0.2) is 19.9 Å². The number of pyridine rings is 1. The van der Waals surface area contributed by atoms with Crippen molar-refractivity contribution < 1.29 is 0 Å². The number of hydrogen-bond donors (Lipinski definition) is 0. The largest absolute Gasteiger partial charge is 0.307 e. The fourth-order valence-electron chi connectivity index (χ4n) is 2.16. The molecule has 0 aliphatic carbocycles. The Morgan fingerprint density at radius 3 is 2.85 bits per heavy atom. The predicted octanol–water partition coefficient (Wildman–Crippen LogP) is 2.36. The number of fused-ring (bicyclic) bond motifs is 1. The number of hydrogen-bond acceptors (Lipinski definition) is 4. The fraction of sp³-hybridized carbons (Fsp3) is 0.286. The van der Waals surface area contributed by atoms with Crippen LogP contribution < -0.4 is 0 Å². The van der Waals surface area contributed by atoms with Crippen LogP contribution >= 0.6 is 11.6 Å². The van der Waals surface area contributed by atoms with Crippen molar-refractivity contribution in [2.45, 2.75) is 19.9 Å². The molecule has 0 spiro atoms. The van der Waals surface area contributed by atoms with E-state index in [9.17, 15) is 0 Å². The minimum atomic E-state index is 0.534. The molecule has 0 unspecified atom stereocenters. The first-order chi connectivity index (χ1) is 9.78. The third kappa shape index (κ3) is 2.49. The number of halogens is 1. The zero-order chi connectivity index (χ0) is 13.9. The van der Waals surface area contributed by atoms with Crippen molar-refractivity contribution in [1.29, 1.82) is 0 Å². The van der Waals surface area contributed by atoms with E-state index in [1.54, 1.807) is 12.5 Å². The smallest absolute Gasteiger partial charge is 0.160 e. The zero-order valence-electron chi connectivity index (χ0n) is 11.1. The molecule has 5 nitrogen and oxygen atoms in total. The normalized spacial score (nSPS) is 11.1. The molecular formula is C14H14ClN5. The van der Waals surface area contributed by atoms with Crippen LogP contribution in [0.4, 0.5) is 0 Å². The van der Waals surface area contributed by atoms with E-state index in [0.717, 1.165) is 28.4 Å². The lowest BCUT2D eigenvalue weighted by atomic mass is 10.3. The highest BCUT2D eigenvalue weighted by atomic mass is 35.5. The van der Waals surface area contributed by atoms with Crippen molar-refractivity contribution in [3.63, 3.8) is 0 Å². The second-order valence-electron chi connectivity index (χ2n) is 4.55. The molecule has 20 heavy (non-hydrogen) atoms. The Bertz CT molecular complexity index is 723. The van der Waals surface area contributed by atoms with Gasteiger partial charge in [0.25, 0.3) is 0 Å². The first-order valence-corrected chi connectivity index (χ1v) is 6.95. The van der Waals surface area contributed by atoms with E-state index in [4.69, 9.17) is 11.6 Å². The summed E-state index contributed by atoms with van der Waals surface area (Å²) in [7, 11) is 0. The van der Waals surface area contributed by atoms with E-state index in [0.29, 0.717) is 18.8 Å². The third-order valence-electron chi connectivity index (χ3n) is 3.09. The molecule has 0 fully saturated rings. The second kappa shape index (κ2) is 5.54. The Morgan fingerprint density at radius 2 is 2.10 bits per heavy atom. The molecule has 0 saturated carbocycles. The Morgan fingerprint density at radius 1 is 1.20 bits per heavy atom. The van der Waals surface area contributed by atoms with Gasteiger partial charge in [0.2, 0.25) is 0 Å². The van der Waals surface area contributed by atoms with E-state index in [1.165, 1.54) is 0 Å². The van der Waals surface area contributed by atoms with Crippen LogP contribution in [0, 0.1) is 6.92 Å². The molecule has 0 aliphatic heterocycles. The molecule has 102 valence electrons. The molecule has 6 heteroatoms. The lowest BCUT2D eigenvalue weighted by Gasteiger charge is -2.07. The monoisotopic (exact) mass is 287 g/mol. The molecular weight excluding hydrogens is 274 g/mol. The maximum absolute atomic E-state index is 5.87. The van der Waals surface area contributed by atoms with Crippen molar-refractivity contribution in [1.82, 2.24) is 24.5 Å². The van der Waals surface area contributed by atoms with Gasteiger partial charge in [-0.05, 0) is 25.1 Å². The molecule has 3 heterocycles. The number of aryl methyl sites for hydroxylation is 2. The first kappa shape index (κ1) is 13.0. The Kier molecular flexibility index (Phi) is 3.60. The minimum absolute atomic E-state index is 0.534. The molecule has 0 saturated heterocycles. The van der Waals surface area contributed by atoms with E-state index >= 15 is 0 Å². The van der Waals surface area contributed by atoms with Gasteiger partial charge >= 0.3 is 0 Å². The number of nitrogens with zero attached hydrogens (tertiary/aromatic N) is 5. The maximum atomic E-state index is 5.87. The first-order valence-electron chi connectivity index (χ1n) is 6.41. The van der Waals surface area contributed by atoms with Gasteiger partial charge in [0, 0.05) is 24.2 Å². The molecule has 0 amide bonds. The van der Waals surface area contributed by atoms with Gasteiger partial charge in [0.05, 0.1) is 12.2 Å². The highest BCUT2D eigenvalue weighted by molar-refractivity contribution is 6.17. The van der Waals surface area contributed by atoms with E-state index in [1.807, 2.05) is 25.1 Å². The Balaban J connectivity index is 2.10. The molecule has 0 N–H and O–H groups in total. The van der Waals surface area contributed by atoms with Crippen LogP contribution in [-0.2, 0) is 13.0 Å². The predicted molar refractivity (Wildman–Crippen MR) is 77.8 cm³/mol. The summed E-state index contributed by atoms with van der Waals surface area (Å²) >= 11 is 5.87. The molecule has 0 atom stereocenters. The van der Waals surface area contributed by atoms with Crippen LogP contribution in [0.25, 0.3) is 11.2 Å². The molecule has 3 aromatic heterocycles. The quantitative estimate of drug-likeness (QED) is 0.691. The highest BCUT2D eigenvalue weighted by Gasteiger charge is 2.12. The van der Waals surface area contributed by atoms with Crippen LogP contribution in [0.1, 0.15) is 17.2 Å². The highest BCUT2D eigenvalue weighted by Crippen LogP contribution is 2.17. The maximum Gasteiger partial charge on any atom is 0.160 e. The van der Waals surface area contributed by atoms with Crippen LogP contribution in [0.15, 0.2) is 30.7 Å². The van der Waals surface area contributed by atoms with Crippen LogP contribution in [0.2, 0.25) is 0 Å². The van der Waals surface area contributed by atoms with Gasteiger partial charge in [-0.3, -0.25) is 0 Å². The summed E-state index contributed by atoms with van der Waals surface area (Å²) in [5.41, 5.74) is 3.67. The summed E-state index contributed by atoms with van der Waals surface area (Å²) < 4.78 is 2.08. The number of imidazole rings is 1. The standard InChI is InChI=1S/C14H14ClN5/c1-10-2-3-12-14(18-10)20(13(19-12)4-6-15)8-11-5-7-16-9-17-11/h2-3,5,7,9H,4,6,8H2,1H3. The van der Waals surface area contributed by atoms with Crippen LogP contribution in [-0.4, -0.2) is 30.4 Å². The second-order valence-corrected chi connectivity index (χ2v) is 4.93. The van der Waals surface area contributed by atoms with Gasteiger partial charge < -0.3 is 4.57 Å². The topological polar surface area (TPSA) is 56.5 Å². The summed E-state index contributed by atoms with van der Waals surface area (Å²) in [5.74, 6) is 1.47. The minimum Gasteiger partial charge on any atom is -0.307 e. The SMILES string of the molecule is Cc1ccc2nc(CCCl)n(Cc3ccncn3)c2n1. The van der Waals surface area contributed by atoms with Crippen molar-refractivity contribution in [2.24, 2.45) is 0 Å². The Hall–Kier alpha value is -2.01. The van der Waals surface area contributed by atoms with Gasteiger partial charge in [0.1, 0.15) is 17.7 Å². The van der Waals surface area contributed by atoms with E-state index in [-0.39, 0.29) is 0 Å². The van der Waals surface area contributed by atoms with Crippen molar-refractivity contribution in [3.05, 3.63) is 47.9 Å². The summed E-state index contributed by atoms with van der Waals surface area (Å²) in [5, 5.41) is 0. The number of aromatic nitrogens is 5. The van der Waals surface area contributed by atoms with Gasteiger partial charge in [0.15, 0.2) is 5.65 Å². The molecule has 0 bridgehead atoms.